The standard InChI is InChI=1S/C39H72O5/c1-3-5-7-9-11-13-15-17-19-21-23-25-27-29-31-33-36(41)38(43)39(44,35-40)37(42)34-32-30-28-26-24-22-20-18-16-14-12-10-8-6-4-2/h17-20,38,40,43-44H,3-16,21-35H2,1-2H3/b19-17-,20-18-. The van der Waals surface area contributed by atoms with Crippen LogP contribution >= 0.6 is 0 Å². The maximum atomic E-state index is 12.7. The zero-order valence-electron chi connectivity index (χ0n) is 29.1. The first kappa shape index (κ1) is 42.7. The largest absolute Gasteiger partial charge is 0.393 e. The Bertz CT molecular complexity index is 715. The Morgan fingerprint density at radius 2 is 0.841 bits per heavy atom. The van der Waals surface area contributed by atoms with Crippen LogP contribution in [0.1, 0.15) is 194 Å². The summed E-state index contributed by atoms with van der Waals surface area (Å²) in [5, 5.41) is 30.8. The van der Waals surface area contributed by atoms with Crippen LogP contribution in [0.3, 0.4) is 0 Å². The molecule has 44 heavy (non-hydrogen) atoms. The van der Waals surface area contributed by atoms with E-state index < -0.39 is 29.9 Å². The highest BCUT2D eigenvalue weighted by atomic mass is 16.4. The molecular formula is C39H72O5. The number of hydrogen-bond donors (Lipinski definition) is 3. The van der Waals surface area contributed by atoms with Gasteiger partial charge >= 0.3 is 0 Å². The van der Waals surface area contributed by atoms with Crippen LogP contribution in [0.4, 0.5) is 0 Å². The molecule has 0 aromatic rings. The zero-order valence-corrected chi connectivity index (χ0v) is 29.1. The second-order valence-corrected chi connectivity index (χ2v) is 13.0. The number of allylic oxidation sites excluding steroid dienone is 4. The summed E-state index contributed by atoms with van der Waals surface area (Å²) in [5.74, 6) is -1.19. The number of hydrogen-bond acceptors (Lipinski definition) is 5. The van der Waals surface area contributed by atoms with E-state index in [2.05, 4.69) is 38.2 Å². The van der Waals surface area contributed by atoms with Gasteiger partial charge in [-0.05, 0) is 64.2 Å². The van der Waals surface area contributed by atoms with Crippen LogP contribution in [0, 0.1) is 0 Å². The van der Waals surface area contributed by atoms with Crippen molar-refractivity contribution in [3.63, 3.8) is 0 Å². The minimum Gasteiger partial charge on any atom is -0.393 e. The van der Waals surface area contributed by atoms with E-state index in [-0.39, 0.29) is 12.8 Å². The lowest BCUT2D eigenvalue weighted by atomic mass is 9.85. The zero-order chi connectivity index (χ0) is 32.6. The first-order valence-electron chi connectivity index (χ1n) is 18.8. The highest BCUT2D eigenvalue weighted by molar-refractivity contribution is 5.96. The van der Waals surface area contributed by atoms with Crippen molar-refractivity contribution in [1.82, 2.24) is 0 Å². The fourth-order valence-electron chi connectivity index (χ4n) is 5.67. The molecule has 0 spiro atoms. The molecule has 0 rings (SSSR count). The second kappa shape index (κ2) is 31.7. The van der Waals surface area contributed by atoms with Gasteiger partial charge in [-0.2, -0.15) is 0 Å². The fraction of sp³-hybridized carbons (Fsp3) is 0.846. The Morgan fingerprint density at radius 1 is 0.523 bits per heavy atom. The van der Waals surface area contributed by atoms with Crippen molar-refractivity contribution in [2.45, 2.75) is 205 Å². The van der Waals surface area contributed by atoms with Crippen molar-refractivity contribution in [1.29, 1.82) is 0 Å². The number of aliphatic hydroxyl groups excluding tert-OH is 2. The third kappa shape index (κ3) is 24.0. The van der Waals surface area contributed by atoms with Gasteiger partial charge in [-0.25, -0.2) is 0 Å². The summed E-state index contributed by atoms with van der Waals surface area (Å²) in [4.78, 5) is 25.2. The molecule has 0 aliphatic heterocycles. The van der Waals surface area contributed by atoms with Gasteiger partial charge in [0, 0.05) is 12.8 Å². The first-order chi connectivity index (χ1) is 21.4. The summed E-state index contributed by atoms with van der Waals surface area (Å²) in [5.41, 5.74) is -2.39. The van der Waals surface area contributed by atoms with Gasteiger partial charge in [0.25, 0.3) is 0 Å². The van der Waals surface area contributed by atoms with Gasteiger partial charge in [0.1, 0.15) is 0 Å². The molecule has 0 saturated carbocycles. The van der Waals surface area contributed by atoms with Crippen molar-refractivity contribution in [2.75, 3.05) is 6.61 Å². The Balaban J connectivity index is 3.89. The van der Waals surface area contributed by atoms with Gasteiger partial charge in [-0.15, -0.1) is 0 Å². The Kier molecular flexibility index (Phi) is 30.7. The van der Waals surface area contributed by atoms with Crippen LogP contribution in [0.25, 0.3) is 0 Å². The van der Waals surface area contributed by atoms with Crippen molar-refractivity contribution < 1.29 is 24.9 Å². The molecule has 3 N–H and O–H groups in total. The number of aliphatic hydroxyl groups is 3. The molecule has 0 bridgehead atoms. The van der Waals surface area contributed by atoms with Crippen LogP contribution in [-0.2, 0) is 9.59 Å². The molecule has 0 amide bonds. The molecule has 5 heteroatoms. The van der Waals surface area contributed by atoms with E-state index in [0.29, 0.717) is 12.8 Å². The van der Waals surface area contributed by atoms with Crippen LogP contribution in [0.2, 0.25) is 0 Å². The van der Waals surface area contributed by atoms with Crippen LogP contribution in [0.5, 0.6) is 0 Å². The molecule has 0 saturated heterocycles. The van der Waals surface area contributed by atoms with Crippen LogP contribution < -0.4 is 0 Å². The van der Waals surface area contributed by atoms with Crippen molar-refractivity contribution >= 4 is 11.6 Å². The van der Waals surface area contributed by atoms with E-state index >= 15 is 0 Å². The predicted molar refractivity (Wildman–Crippen MR) is 187 cm³/mol. The van der Waals surface area contributed by atoms with E-state index in [1.165, 1.54) is 89.9 Å². The van der Waals surface area contributed by atoms with Gasteiger partial charge < -0.3 is 15.3 Å². The topological polar surface area (TPSA) is 94.8 Å². The molecule has 5 nitrogen and oxygen atoms in total. The second-order valence-electron chi connectivity index (χ2n) is 13.0. The lowest BCUT2D eigenvalue weighted by molar-refractivity contribution is -0.165. The Labute approximate surface area is 272 Å². The average molecular weight is 621 g/mol. The lowest BCUT2D eigenvalue weighted by Gasteiger charge is -2.29. The maximum Gasteiger partial charge on any atom is 0.178 e. The average Bonchev–Trinajstić information content (AvgIpc) is 3.03. The van der Waals surface area contributed by atoms with Gasteiger partial charge in [-0.3, -0.25) is 9.59 Å². The number of carbonyl (C=O) groups excluding carboxylic acids is 2. The molecule has 0 aromatic heterocycles. The van der Waals surface area contributed by atoms with Crippen molar-refractivity contribution in [3.8, 4) is 0 Å². The molecule has 2 unspecified atom stereocenters. The van der Waals surface area contributed by atoms with Crippen molar-refractivity contribution in [2.24, 2.45) is 0 Å². The van der Waals surface area contributed by atoms with E-state index in [4.69, 9.17) is 0 Å². The molecule has 0 heterocycles. The normalized spacial score (nSPS) is 14.0. The van der Waals surface area contributed by atoms with Crippen LogP contribution in [-0.4, -0.2) is 45.2 Å². The molecule has 0 radical (unpaired) electrons. The van der Waals surface area contributed by atoms with E-state index in [1.54, 1.807) is 0 Å². The minimum absolute atomic E-state index is 0.0625. The number of Topliss-reactive ketones (excluding diaryl/α,β-unsaturated/α-hetero) is 2. The Morgan fingerprint density at radius 3 is 1.20 bits per heavy atom. The molecule has 258 valence electrons. The lowest BCUT2D eigenvalue weighted by Crippen LogP contribution is -2.55. The highest BCUT2D eigenvalue weighted by Crippen LogP contribution is 2.20. The summed E-state index contributed by atoms with van der Waals surface area (Å²) in [6.45, 7) is 3.56. The third-order valence-electron chi connectivity index (χ3n) is 8.83. The summed E-state index contributed by atoms with van der Waals surface area (Å²) in [6.07, 6.45) is 37.4. The number of unbranched alkanes of at least 4 members (excludes halogenated alkanes) is 22. The van der Waals surface area contributed by atoms with E-state index in [9.17, 15) is 24.9 Å². The quantitative estimate of drug-likeness (QED) is 0.0491. The fourth-order valence-corrected chi connectivity index (χ4v) is 5.67. The highest BCUT2D eigenvalue weighted by Gasteiger charge is 2.45. The summed E-state index contributed by atoms with van der Waals surface area (Å²) in [7, 11) is 0. The summed E-state index contributed by atoms with van der Waals surface area (Å²) in [6, 6.07) is 0. The van der Waals surface area contributed by atoms with Gasteiger partial charge in [0.05, 0.1) is 6.61 Å². The number of ketones is 2. The van der Waals surface area contributed by atoms with Gasteiger partial charge in [0.15, 0.2) is 23.3 Å². The van der Waals surface area contributed by atoms with E-state index in [1.807, 2.05) is 0 Å². The summed E-state index contributed by atoms with van der Waals surface area (Å²) < 4.78 is 0. The smallest absolute Gasteiger partial charge is 0.178 e. The SMILES string of the molecule is CCCCCCCC/C=C\CCCCCCCC(=O)C(O)C(O)(CO)C(=O)CCCCCCC/C=C\CCCCCCCC. The van der Waals surface area contributed by atoms with Crippen LogP contribution in [0.15, 0.2) is 24.3 Å². The molecule has 2 atom stereocenters. The monoisotopic (exact) mass is 621 g/mol. The van der Waals surface area contributed by atoms with Gasteiger partial charge in [0.2, 0.25) is 0 Å². The third-order valence-corrected chi connectivity index (χ3v) is 8.83. The molecule has 0 fully saturated rings. The molecule has 0 aromatic carbocycles. The number of rotatable bonds is 34. The molecular weight excluding hydrogens is 548 g/mol. The Hall–Kier alpha value is -1.30. The summed E-state index contributed by atoms with van der Waals surface area (Å²) >= 11 is 0. The predicted octanol–water partition coefficient (Wildman–Crippen LogP) is 10.3. The van der Waals surface area contributed by atoms with Gasteiger partial charge in [-0.1, -0.05) is 141 Å². The maximum absolute atomic E-state index is 12.7. The molecule has 0 aliphatic carbocycles. The minimum atomic E-state index is -2.39. The van der Waals surface area contributed by atoms with E-state index in [0.717, 1.165) is 64.2 Å². The first-order valence-corrected chi connectivity index (χ1v) is 18.8. The van der Waals surface area contributed by atoms with Crippen molar-refractivity contribution in [3.05, 3.63) is 24.3 Å². The molecule has 0 aliphatic rings. The number of carbonyl (C=O) groups is 2.